The van der Waals surface area contributed by atoms with Crippen LogP contribution in [0.25, 0.3) is 0 Å². The second-order valence-corrected chi connectivity index (χ2v) is 9.49. The summed E-state index contributed by atoms with van der Waals surface area (Å²) in [6.45, 7) is 1.78. The molecule has 0 unspecified atom stereocenters. The summed E-state index contributed by atoms with van der Waals surface area (Å²) < 4.78 is 0. The largest absolute Gasteiger partial charge is 0.347 e. The van der Waals surface area contributed by atoms with Crippen molar-refractivity contribution in [1.82, 2.24) is 15.2 Å². The summed E-state index contributed by atoms with van der Waals surface area (Å²) in [7, 11) is 0. The Bertz CT molecular complexity index is 1170. The lowest BCUT2D eigenvalue weighted by atomic mass is 9.97. The summed E-state index contributed by atoms with van der Waals surface area (Å²) in [5.41, 5.74) is 2.40. The predicted molar refractivity (Wildman–Crippen MR) is 133 cm³/mol. The van der Waals surface area contributed by atoms with Crippen LogP contribution < -0.4 is 5.32 Å². The van der Waals surface area contributed by atoms with Gasteiger partial charge in [-0.1, -0.05) is 42.3 Å². The van der Waals surface area contributed by atoms with Gasteiger partial charge in [-0.3, -0.25) is 9.59 Å². The zero-order chi connectivity index (χ0) is 23.0. The van der Waals surface area contributed by atoms with E-state index in [0.717, 1.165) is 33.9 Å². The molecule has 7 heteroatoms. The van der Waals surface area contributed by atoms with E-state index in [0.29, 0.717) is 25.3 Å². The van der Waals surface area contributed by atoms with Crippen molar-refractivity contribution in [2.24, 2.45) is 0 Å². The number of carbonyl (C=O) groups excluding carboxylic acids is 2. The number of likely N-dealkylation sites (tertiary alicyclic amines) is 1. The van der Waals surface area contributed by atoms with Gasteiger partial charge in [-0.2, -0.15) is 0 Å². The molecule has 1 aliphatic heterocycles. The molecule has 2 heterocycles. The standard InChI is InChI=1S/C26H25N3O2S2/c1-32-23-10-6-5-9-21(23)17-27-25(31)22-18-33-26(28-22)20-13-15-29(16-14-20)24(30)12-11-19-7-3-2-4-8-19/h2-10,18,20H,13-17H2,1H3,(H,27,31). The summed E-state index contributed by atoms with van der Waals surface area (Å²) in [6, 6.07) is 17.6. The molecule has 2 aromatic carbocycles. The highest BCUT2D eigenvalue weighted by atomic mass is 32.2. The quantitative estimate of drug-likeness (QED) is 0.434. The van der Waals surface area contributed by atoms with Gasteiger partial charge in [0.15, 0.2) is 0 Å². The van der Waals surface area contributed by atoms with Crippen molar-refractivity contribution in [3.8, 4) is 11.8 Å². The Kier molecular flexibility index (Phi) is 7.82. The minimum absolute atomic E-state index is 0.137. The van der Waals surface area contributed by atoms with Crippen LogP contribution in [0.5, 0.6) is 0 Å². The highest BCUT2D eigenvalue weighted by Gasteiger charge is 2.25. The third-order valence-corrected chi connectivity index (χ3v) is 7.45. The van der Waals surface area contributed by atoms with Gasteiger partial charge < -0.3 is 10.2 Å². The number of nitrogens with one attached hydrogen (secondary N) is 1. The normalized spacial score (nSPS) is 13.8. The fourth-order valence-electron chi connectivity index (χ4n) is 3.75. The van der Waals surface area contributed by atoms with Crippen LogP contribution in [0.15, 0.2) is 64.9 Å². The Morgan fingerprint density at radius 3 is 2.61 bits per heavy atom. The maximum atomic E-state index is 12.6. The number of amides is 2. The molecule has 0 spiro atoms. The van der Waals surface area contributed by atoms with E-state index in [9.17, 15) is 9.59 Å². The number of aromatic nitrogens is 1. The fraction of sp³-hybridized carbons (Fsp3) is 0.269. The number of nitrogens with zero attached hydrogens (tertiary/aromatic N) is 2. The van der Waals surface area contributed by atoms with Gasteiger partial charge in [0.2, 0.25) is 0 Å². The van der Waals surface area contributed by atoms with Gasteiger partial charge in [-0.25, -0.2) is 4.98 Å². The van der Waals surface area contributed by atoms with Gasteiger partial charge in [0, 0.05) is 47.3 Å². The molecule has 0 atom stereocenters. The van der Waals surface area contributed by atoms with Gasteiger partial charge in [0.25, 0.3) is 11.8 Å². The molecular weight excluding hydrogens is 450 g/mol. The van der Waals surface area contributed by atoms with Crippen LogP contribution in [-0.4, -0.2) is 41.0 Å². The number of thiazole rings is 1. The molecule has 5 nitrogen and oxygen atoms in total. The van der Waals surface area contributed by atoms with Crippen LogP contribution in [0.2, 0.25) is 0 Å². The van der Waals surface area contributed by atoms with Crippen LogP contribution in [0.4, 0.5) is 0 Å². The van der Waals surface area contributed by atoms with Gasteiger partial charge in [0.1, 0.15) is 5.69 Å². The smallest absolute Gasteiger partial charge is 0.298 e. The second-order valence-electron chi connectivity index (χ2n) is 7.75. The number of carbonyl (C=O) groups is 2. The Morgan fingerprint density at radius 1 is 1.12 bits per heavy atom. The van der Waals surface area contributed by atoms with Gasteiger partial charge in [0.05, 0.1) is 5.01 Å². The number of hydrogen-bond donors (Lipinski definition) is 1. The summed E-state index contributed by atoms with van der Waals surface area (Å²) in [5, 5.41) is 5.77. The van der Waals surface area contributed by atoms with E-state index < -0.39 is 0 Å². The average Bonchev–Trinajstić information content (AvgIpc) is 3.37. The van der Waals surface area contributed by atoms with Crippen molar-refractivity contribution in [3.63, 3.8) is 0 Å². The molecule has 1 aromatic heterocycles. The molecule has 168 valence electrons. The van der Waals surface area contributed by atoms with Crippen molar-refractivity contribution >= 4 is 34.9 Å². The molecule has 0 saturated carbocycles. The molecule has 2 amide bonds. The summed E-state index contributed by atoms with van der Waals surface area (Å²) >= 11 is 3.19. The number of piperidine rings is 1. The molecule has 1 aliphatic rings. The monoisotopic (exact) mass is 475 g/mol. The molecule has 0 radical (unpaired) electrons. The van der Waals surface area contributed by atoms with Crippen LogP contribution >= 0.6 is 23.1 Å². The number of hydrogen-bond acceptors (Lipinski definition) is 5. The lowest BCUT2D eigenvalue weighted by Crippen LogP contribution is -2.37. The third-order valence-electron chi connectivity index (χ3n) is 5.61. The van der Waals surface area contributed by atoms with Crippen molar-refractivity contribution in [2.45, 2.75) is 30.2 Å². The Balaban J connectivity index is 1.29. The highest BCUT2D eigenvalue weighted by molar-refractivity contribution is 7.98. The minimum atomic E-state index is -0.155. The number of benzene rings is 2. The average molecular weight is 476 g/mol. The molecule has 1 fully saturated rings. The van der Waals surface area contributed by atoms with Gasteiger partial charge in [-0.05, 0) is 42.9 Å². The summed E-state index contributed by atoms with van der Waals surface area (Å²) in [5.74, 6) is 5.65. The molecular formula is C26H25N3O2S2. The molecule has 3 aromatic rings. The first-order chi connectivity index (χ1) is 16.1. The lowest BCUT2D eigenvalue weighted by molar-refractivity contribution is -0.126. The number of thioether (sulfide) groups is 1. The van der Waals surface area contributed by atoms with E-state index in [1.54, 1.807) is 16.7 Å². The fourth-order valence-corrected chi connectivity index (χ4v) is 5.34. The zero-order valence-corrected chi connectivity index (χ0v) is 20.0. The second kappa shape index (κ2) is 11.2. The van der Waals surface area contributed by atoms with E-state index >= 15 is 0 Å². The molecule has 4 rings (SSSR count). The van der Waals surface area contributed by atoms with Crippen LogP contribution in [0, 0.1) is 11.8 Å². The summed E-state index contributed by atoms with van der Waals surface area (Å²) in [4.78, 5) is 32.6. The first kappa shape index (κ1) is 23.1. The summed E-state index contributed by atoms with van der Waals surface area (Å²) in [6.07, 6.45) is 3.69. The molecule has 1 N–H and O–H groups in total. The number of rotatable bonds is 5. The van der Waals surface area contributed by atoms with Crippen molar-refractivity contribution in [3.05, 3.63) is 81.8 Å². The maximum Gasteiger partial charge on any atom is 0.298 e. The predicted octanol–water partition coefficient (Wildman–Crippen LogP) is 4.55. The lowest BCUT2D eigenvalue weighted by Gasteiger charge is -2.29. The third kappa shape index (κ3) is 6.04. The molecule has 0 bridgehead atoms. The highest BCUT2D eigenvalue weighted by Crippen LogP contribution is 2.30. The first-order valence-electron chi connectivity index (χ1n) is 10.9. The van der Waals surface area contributed by atoms with Crippen molar-refractivity contribution < 1.29 is 9.59 Å². The van der Waals surface area contributed by atoms with Crippen LogP contribution in [0.1, 0.15) is 45.4 Å². The van der Waals surface area contributed by atoms with Crippen molar-refractivity contribution in [2.75, 3.05) is 19.3 Å². The first-order valence-corrected chi connectivity index (χ1v) is 13.0. The van der Waals surface area contributed by atoms with E-state index in [2.05, 4.69) is 28.2 Å². The Morgan fingerprint density at radius 2 is 1.85 bits per heavy atom. The van der Waals surface area contributed by atoms with Crippen LogP contribution in [-0.2, 0) is 11.3 Å². The van der Waals surface area contributed by atoms with Gasteiger partial charge in [-0.15, -0.1) is 23.1 Å². The maximum absolute atomic E-state index is 12.6. The molecule has 33 heavy (non-hydrogen) atoms. The van der Waals surface area contributed by atoms with Crippen molar-refractivity contribution in [1.29, 1.82) is 0 Å². The van der Waals surface area contributed by atoms with E-state index in [1.807, 2.05) is 60.2 Å². The molecule has 1 saturated heterocycles. The topological polar surface area (TPSA) is 62.3 Å². The Labute approximate surface area is 202 Å². The van der Waals surface area contributed by atoms with E-state index in [4.69, 9.17) is 0 Å². The molecule has 0 aliphatic carbocycles. The van der Waals surface area contributed by atoms with Gasteiger partial charge >= 0.3 is 0 Å². The van der Waals surface area contributed by atoms with Crippen LogP contribution in [0.3, 0.4) is 0 Å². The Hall–Kier alpha value is -3.08. The minimum Gasteiger partial charge on any atom is -0.347 e. The zero-order valence-electron chi connectivity index (χ0n) is 18.4. The SMILES string of the molecule is CSc1ccccc1CNC(=O)c1csc(C2CCN(C(=O)C#Cc3ccccc3)CC2)n1. The van der Waals surface area contributed by atoms with E-state index in [-0.39, 0.29) is 17.7 Å². The van der Waals surface area contributed by atoms with E-state index in [1.165, 1.54) is 11.3 Å².